The minimum Gasteiger partial charge on any atom is -0.490 e. The van der Waals surface area contributed by atoms with Gasteiger partial charge in [-0.25, -0.2) is 13.1 Å². The van der Waals surface area contributed by atoms with Crippen LogP contribution in [0.2, 0.25) is 0 Å². The molecule has 0 saturated carbocycles. The molecule has 0 aliphatic carbocycles. The van der Waals surface area contributed by atoms with Crippen molar-refractivity contribution < 1.29 is 22.8 Å². The molecule has 0 amide bonds. The molecule has 1 fully saturated rings. The zero-order chi connectivity index (χ0) is 18.5. The second-order valence-corrected chi connectivity index (χ2v) is 7.87. The first-order valence-electron chi connectivity index (χ1n) is 7.85. The Morgan fingerprint density at radius 1 is 1.32 bits per heavy atom. The van der Waals surface area contributed by atoms with Crippen LogP contribution in [-0.4, -0.2) is 53.8 Å². The van der Waals surface area contributed by atoms with Crippen molar-refractivity contribution in [3.05, 3.63) is 28.3 Å². The van der Waals surface area contributed by atoms with Gasteiger partial charge in [-0.05, 0) is 38.1 Å². The number of hydrogen-bond donors (Lipinski definition) is 2. The fourth-order valence-electron chi connectivity index (χ4n) is 2.95. The lowest BCUT2D eigenvalue weighted by Gasteiger charge is -2.37. The molecule has 0 radical (unpaired) electrons. The number of ether oxygens (including phenoxy) is 2. The molecule has 1 aliphatic heterocycles. The van der Waals surface area contributed by atoms with Gasteiger partial charge in [0.1, 0.15) is 0 Å². The van der Waals surface area contributed by atoms with Crippen molar-refractivity contribution in [2.45, 2.75) is 17.7 Å². The van der Waals surface area contributed by atoms with Crippen LogP contribution in [0.15, 0.2) is 23.1 Å². The van der Waals surface area contributed by atoms with Crippen LogP contribution in [-0.2, 0) is 14.8 Å². The molecule has 0 bridgehead atoms. The molecular weight excluding hydrogens is 350 g/mol. The van der Waals surface area contributed by atoms with E-state index in [-0.39, 0.29) is 28.3 Å². The Bertz CT molecular complexity index is 710. The van der Waals surface area contributed by atoms with Gasteiger partial charge in [0, 0.05) is 25.1 Å². The molecule has 0 aromatic heterocycles. The van der Waals surface area contributed by atoms with E-state index in [0.717, 1.165) is 32.0 Å². The van der Waals surface area contributed by atoms with Crippen LogP contribution < -0.4 is 14.8 Å². The Balaban J connectivity index is 2.21. The number of benzene rings is 1. The van der Waals surface area contributed by atoms with Gasteiger partial charge in [0.2, 0.25) is 10.0 Å². The van der Waals surface area contributed by atoms with Gasteiger partial charge in [-0.3, -0.25) is 10.1 Å². The van der Waals surface area contributed by atoms with E-state index in [1.165, 1.54) is 19.2 Å². The lowest BCUT2D eigenvalue weighted by molar-refractivity contribution is -0.386. The summed E-state index contributed by atoms with van der Waals surface area (Å²) < 4.78 is 37.9. The molecule has 9 nitrogen and oxygen atoms in total. The highest BCUT2D eigenvalue weighted by Gasteiger charge is 2.34. The van der Waals surface area contributed by atoms with Crippen LogP contribution in [0.3, 0.4) is 0 Å². The number of nitro benzene ring substituents is 1. The summed E-state index contributed by atoms with van der Waals surface area (Å²) in [4.78, 5) is 10.3. The van der Waals surface area contributed by atoms with E-state index < -0.39 is 14.9 Å². The molecule has 0 unspecified atom stereocenters. The second-order valence-electron chi connectivity index (χ2n) is 6.10. The van der Waals surface area contributed by atoms with E-state index in [2.05, 4.69) is 10.0 Å². The fourth-order valence-corrected chi connectivity index (χ4v) is 4.12. The van der Waals surface area contributed by atoms with Crippen LogP contribution in [0, 0.1) is 15.5 Å². The van der Waals surface area contributed by atoms with Crippen molar-refractivity contribution in [3.8, 4) is 5.75 Å². The van der Waals surface area contributed by atoms with Crippen molar-refractivity contribution in [2.75, 3.05) is 40.5 Å². The van der Waals surface area contributed by atoms with E-state index in [9.17, 15) is 18.5 Å². The quantitative estimate of drug-likeness (QED) is 0.513. The maximum Gasteiger partial charge on any atom is 0.312 e. The molecule has 1 aromatic rings. The van der Waals surface area contributed by atoms with E-state index in [1.54, 1.807) is 7.11 Å². The van der Waals surface area contributed by atoms with Crippen molar-refractivity contribution in [3.63, 3.8) is 0 Å². The third-order valence-electron chi connectivity index (χ3n) is 4.41. The van der Waals surface area contributed by atoms with Gasteiger partial charge in [0.05, 0.1) is 23.5 Å². The van der Waals surface area contributed by atoms with Crippen molar-refractivity contribution >= 4 is 15.7 Å². The fraction of sp³-hybridized carbons (Fsp3) is 0.600. The van der Waals surface area contributed by atoms with Crippen molar-refractivity contribution in [2.24, 2.45) is 5.41 Å². The normalized spacial score (nSPS) is 17.2. The van der Waals surface area contributed by atoms with E-state index in [4.69, 9.17) is 9.47 Å². The van der Waals surface area contributed by atoms with Crippen LogP contribution in [0.4, 0.5) is 5.69 Å². The van der Waals surface area contributed by atoms with Crippen molar-refractivity contribution in [1.29, 1.82) is 0 Å². The zero-order valence-corrected chi connectivity index (χ0v) is 15.1. The van der Waals surface area contributed by atoms with Crippen LogP contribution in [0.1, 0.15) is 12.8 Å². The van der Waals surface area contributed by atoms with Crippen molar-refractivity contribution in [1.82, 2.24) is 10.0 Å². The topological polar surface area (TPSA) is 120 Å². The van der Waals surface area contributed by atoms with Gasteiger partial charge >= 0.3 is 5.69 Å². The molecule has 0 spiro atoms. The number of hydrogen-bond acceptors (Lipinski definition) is 7. The average Bonchev–Trinajstić information content (AvgIpc) is 2.60. The molecular formula is C15H23N3O6S. The lowest BCUT2D eigenvalue weighted by atomic mass is 9.80. The first-order chi connectivity index (χ1) is 11.8. The Morgan fingerprint density at radius 3 is 2.56 bits per heavy atom. The third-order valence-corrected chi connectivity index (χ3v) is 5.81. The SMILES string of the molecule is COCC1(CNS(=O)(=O)c2ccc(OC)c([N+](=O)[O-])c2)CCNCC1. The Morgan fingerprint density at radius 2 is 2.00 bits per heavy atom. The third kappa shape index (κ3) is 4.66. The number of nitrogens with zero attached hydrogens (tertiary/aromatic N) is 1. The maximum atomic E-state index is 12.6. The highest BCUT2D eigenvalue weighted by atomic mass is 32.2. The molecule has 2 rings (SSSR count). The molecule has 25 heavy (non-hydrogen) atoms. The number of nitrogens with one attached hydrogen (secondary N) is 2. The first kappa shape index (κ1) is 19.6. The molecule has 1 aliphatic rings. The molecule has 1 heterocycles. The molecule has 0 atom stereocenters. The molecule has 2 N–H and O–H groups in total. The summed E-state index contributed by atoms with van der Waals surface area (Å²) >= 11 is 0. The number of nitro groups is 1. The Hall–Kier alpha value is -1.75. The first-order valence-corrected chi connectivity index (χ1v) is 9.34. The molecule has 10 heteroatoms. The summed E-state index contributed by atoms with van der Waals surface area (Å²) in [6, 6.07) is 3.58. The Kier molecular flexibility index (Phi) is 6.33. The van der Waals surface area contributed by atoms with Gasteiger partial charge in [0.15, 0.2) is 5.75 Å². The average molecular weight is 373 g/mol. The summed E-state index contributed by atoms with van der Waals surface area (Å²) in [5.41, 5.74) is -0.676. The highest BCUT2D eigenvalue weighted by Crippen LogP contribution is 2.31. The smallest absolute Gasteiger partial charge is 0.312 e. The van der Waals surface area contributed by atoms with Gasteiger partial charge in [-0.1, -0.05) is 0 Å². The van der Waals surface area contributed by atoms with Gasteiger partial charge in [0.25, 0.3) is 0 Å². The van der Waals surface area contributed by atoms with E-state index in [0.29, 0.717) is 6.61 Å². The van der Waals surface area contributed by atoms with Crippen LogP contribution in [0.25, 0.3) is 0 Å². The van der Waals surface area contributed by atoms with E-state index in [1.807, 2.05) is 0 Å². The largest absolute Gasteiger partial charge is 0.490 e. The summed E-state index contributed by atoms with van der Waals surface area (Å²) in [6.07, 6.45) is 1.57. The summed E-state index contributed by atoms with van der Waals surface area (Å²) in [7, 11) is -1.00. The summed E-state index contributed by atoms with van der Waals surface area (Å²) in [5, 5.41) is 14.3. The second kappa shape index (κ2) is 8.09. The molecule has 1 aromatic carbocycles. The van der Waals surface area contributed by atoms with Crippen LogP contribution in [0.5, 0.6) is 5.75 Å². The van der Waals surface area contributed by atoms with Gasteiger partial charge in [-0.2, -0.15) is 0 Å². The predicted molar refractivity (Wildman–Crippen MR) is 91.2 cm³/mol. The Labute approximate surface area is 146 Å². The minimum atomic E-state index is -3.88. The lowest BCUT2D eigenvalue weighted by Crippen LogP contribution is -2.47. The summed E-state index contributed by atoms with van der Waals surface area (Å²) in [6.45, 7) is 2.24. The zero-order valence-electron chi connectivity index (χ0n) is 14.3. The van der Waals surface area contributed by atoms with E-state index >= 15 is 0 Å². The molecule has 140 valence electrons. The highest BCUT2D eigenvalue weighted by molar-refractivity contribution is 7.89. The van der Waals surface area contributed by atoms with Gasteiger partial charge in [-0.15, -0.1) is 0 Å². The standard InChI is InChI=1S/C15H23N3O6S/c1-23-11-15(5-7-16-8-6-15)10-17-25(21,22)12-3-4-14(24-2)13(9-12)18(19)20/h3-4,9,16-17H,5-8,10-11H2,1-2H3. The number of methoxy groups -OCH3 is 2. The number of rotatable bonds is 8. The summed E-state index contributed by atoms with van der Waals surface area (Å²) in [5.74, 6) is 0.0122. The van der Waals surface area contributed by atoms with Gasteiger partial charge < -0.3 is 14.8 Å². The maximum absolute atomic E-state index is 12.6. The molecule has 1 saturated heterocycles. The predicted octanol–water partition coefficient (Wildman–Crippen LogP) is 0.898. The minimum absolute atomic E-state index is 0.0122. The van der Waals surface area contributed by atoms with Crippen LogP contribution >= 0.6 is 0 Å². The monoisotopic (exact) mass is 373 g/mol. The number of piperidine rings is 1. The number of sulfonamides is 1.